The molecule has 0 saturated heterocycles. The molecule has 1 fully saturated rings. The number of imidazole rings is 1. The minimum Gasteiger partial charge on any atom is -0.382 e. The Morgan fingerprint density at radius 1 is 1.32 bits per heavy atom. The molecule has 0 aliphatic heterocycles. The van der Waals surface area contributed by atoms with Gasteiger partial charge >= 0.3 is 0 Å². The zero-order valence-electron chi connectivity index (χ0n) is 16.8. The number of halogens is 1. The van der Waals surface area contributed by atoms with Crippen LogP contribution in [-0.2, 0) is 5.41 Å². The molecule has 10 nitrogen and oxygen atoms in total. The molecule has 31 heavy (non-hydrogen) atoms. The Morgan fingerprint density at radius 2 is 2.13 bits per heavy atom. The zero-order valence-corrected chi connectivity index (χ0v) is 17.6. The average Bonchev–Trinajstić information content (AvgIpc) is 3.17. The molecule has 4 heterocycles. The molecule has 5 rings (SSSR count). The van der Waals surface area contributed by atoms with Crippen molar-refractivity contribution in [2.75, 3.05) is 5.73 Å². The molecule has 1 atom stereocenters. The van der Waals surface area contributed by atoms with Crippen molar-refractivity contribution in [2.45, 2.75) is 38.1 Å². The van der Waals surface area contributed by atoms with E-state index in [0.29, 0.717) is 22.9 Å². The number of hydrogen-bond donors (Lipinski definition) is 3. The number of nitrogens with zero attached hydrogens (tertiary/aromatic N) is 5. The molecule has 1 saturated carbocycles. The fourth-order valence-electron chi connectivity index (χ4n) is 3.28. The van der Waals surface area contributed by atoms with Gasteiger partial charge in [0.15, 0.2) is 22.9 Å². The number of pyridine rings is 1. The van der Waals surface area contributed by atoms with Crippen LogP contribution in [0, 0.1) is 0 Å². The lowest BCUT2D eigenvalue weighted by Crippen LogP contribution is -2.27. The molecule has 4 N–H and O–H groups in total. The van der Waals surface area contributed by atoms with E-state index in [2.05, 4.69) is 37.3 Å². The number of hydrogen-bond acceptors (Lipinski definition) is 8. The average molecular weight is 439 g/mol. The summed E-state index contributed by atoms with van der Waals surface area (Å²) in [6, 6.07) is 5.24. The molecule has 1 aliphatic carbocycles. The van der Waals surface area contributed by atoms with Gasteiger partial charge in [0.25, 0.3) is 5.91 Å². The number of carbonyl (C=O) groups is 1. The Bertz CT molecular complexity index is 1310. The molecule has 4 aromatic rings. The predicted molar refractivity (Wildman–Crippen MR) is 113 cm³/mol. The van der Waals surface area contributed by atoms with Crippen molar-refractivity contribution in [3.63, 3.8) is 0 Å². The number of anilines is 1. The minimum absolute atomic E-state index is 0.000314. The lowest BCUT2D eigenvalue weighted by atomic mass is 10.1. The van der Waals surface area contributed by atoms with E-state index in [0.717, 1.165) is 24.1 Å². The highest BCUT2D eigenvalue weighted by Gasteiger charge is 2.40. The quantitative estimate of drug-likeness (QED) is 0.430. The topological polar surface area (TPSA) is 148 Å². The van der Waals surface area contributed by atoms with Crippen LogP contribution in [0.25, 0.3) is 22.7 Å². The number of nitrogens with two attached hydrogens (primary N) is 1. The van der Waals surface area contributed by atoms with Crippen molar-refractivity contribution in [3.8, 4) is 11.5 Å². The Hall–Kier alpha value is -3.53. The lowest BCUT2D eigenvalue weighted by Gasteiger charge is -2.11. The Labute approximate surface area is 181 Å². The third-order valence-corrected chi connectivity index (χ3v) is 5.91. The third kappa shape index (κ3) is 3.48. The maximum atomic E-state index is 12.5. The van der Waals surface area contributed by atoms with Gasteiger partial charge in [0, 0.05) is 17.2 Å². The second kappa shape index (κ2) is 7.02. The van der Waals surface area contributed by atoms with Crippen LogP contribution in [0.1, 0.15) is 54.7 Å². The number of nitrogen functional groups attached to an aromatic ring is 1. The Morgan fingerprint density at radius 3 is 2.90 bits per heavy atom. The van der Waals surface area contributed by atoms with Crippen molar-refractivity contribution in [3.05, 3.63) is 46.7 Å². The fraction of sp³-hybridized carbons (Fsp3) is 0.300. The van der Waals surface area contributed by atoms with Gasteiger partial charge in [-0.1, -0.05) is 23.7 Å². The minimum atomic E-state index is -0.501. The van der Waals surface area contributed by atoms with Crippen molar-refractivity contribution < 1.29 is 9.32 Å². The van der Waals surface area contributed by atoms with E-state index in [-0.39, 0.29) is 21.9 Å². The van der Waals surface area contributed by atoms with E-state index in [1.165, 1.54) is 6.33 Å². The van der Waals surface area contributed by atoms with Crippen molar-refractivity contribution in [2.24, 2.45) is 0 Å². The monoisotopic (exact) mass is 438 g/mol. The van der Waals surface area contributed by atoms with Crippen LogP contribution in [0.3, 0.4) is 0 Å². The molecule has 0 bridgehead atoms. The van der Waals surface area contributed by atoms with E-state index in [9.17, 15) is 4.79 Å². The van der Waals surface area contributed by atoms with Crippen LogP contribution in [0.4, 0.5) is 5.82 Å². The molecule has 11 heteroatoms. The van der Waals surface area contributed by atoms with Gasteiger partial charge in [0.1, 0.15) is 22.9 Å². The first-order chi connectivity index (χ1) is 14.8. The summed E-state index contributed by atoms with van der Waals surface area (Å²) in [4.78, 5) is 32.6. The number of amides is 1. The van der Waals surface area contributed by atoms with Crippen LogP contribution in [0.15, 0.2) is 29.0 Å². The molecule has 1 aliphatic rings. The second-order valence-corrected chi connectivity index (χ2v) is 8.32. The summed E-state index contributed by atoms with van der Waals surface area (Å²) in [6.45, 7) is 3.96. The number of fused-ring (bicyclic) bond motifs is 1. The van der Waals surface area contributed by atoms with Crippen molar-refractivity contribution >= 4 is 34.5 Å². The van der Waals surface area contributed by atoms with E-state index < -0.39 is 11.9 Å². The smallest absolute Gasteiger partial charge is 0.272 e. The van der Waals surface area contributed by atoms with E-state index in [1.54, 1.807) is 13.0 Å². The van der Waals surface area contributed by atoms with Gasteiger partial charge in [-0.25, -0.2) is 19.9 Å². The molecule has 4 aromatic heterocycles. The van der Waals surface area contributed by atoms with Gasteiger partial charge in [-0.05, 0) is 31.9 Å². The largest absolute Gasteiger partial charge is 0.382 e. The van der Waals surface area contributed by atoms with Crippen LogP contribution in [0.2, 0.25) is 5.02 Å². The molecule has 158 valence electrons. The lowest BCUT2D eigenvalue weighted by molar-refractivity contribution is 0.0929. The highest BCUT2D eigenvalue weighted by Crippen LogP contribution is 2.46. The van der Waals surface area contributed by atoms with Crippen LogP contribution in [-0.4, -0.2) is 36.0 Å². The summed E-state index contributed by atoms with van der Waals surface area (Å²) in [5, 5.41) is 6.84. The molecular weight excluding hydrogens is 420 g/mol. The third-order valence-electron chi connectivity index (χ3n) is 5.54. The maximum Gasteiger partial charge on any atom is 0.272 e. The first-order valence-electron chi connectivity index (χ1n) is 9.75. The van der Waals surface area contributed by atoms with Gasteiger partial charge < -0.3 is 20.6 Å². The van der Waals surface area contributed by atoms with Gasteiger partial charge in [-0.15, -0.1) is 0 Å². The number of carbonyl (C=O) groups excluding carboxylic acids is 1. The second-order valence-electron chi connectivity index (χ2n) is 7.94. The first-order valence-corrected chi connectivity index (χ1v) is 10.1. The number of rotatable bonds is 5. The summed E-state index contributed by atoms with van der Waals surface area (Å²) in [5.74, 6) is 0.522. The number of H-pyrrole nitrogens is 1. The molecule has 0 radical (unpaired) electrons. The standard InChI is InChI=1S/C20H19ClN8O2/c1-9(25-19(30)15-14(21)16(22)24-8-23-15)12-7-11(29-31-12)18-26-10-3-4-13(20(2)5-6-20)27-17(10)28-18/h3-4,7-9H,5-6H2,1-2H3,(H,25,30)(H2,22,23,24)(H,26,27,28)/t9-/m1/s1. The SMILES string of the molecule is C[C@@H](NC(=O)c1ncnc(N)c1Cl)c1cc(-c2nc3nc(C4(C)CC4)ccc3[nH]2)no1. The number of aromatic amines is 1. The molecular formula is C20H19ClN8O2. The molecule has 1 amide bonds. The van der Waals surface area contributed by atoms with Crippen molar-refractivity contribution in [1.29, 1.82) is 0 Å². The van der Waals surface area contributed by atoms with E-state index in [4.69, 9.17) is 26.8 Å². The zero-order chi connectivity index (χ0) is 21.8. The maximum absolute atomic E-state index is 12.5. The fourth-order valence-corrected chi connectivity index (χ4v) is 3.46. The number of nitrogens with one attached hydrogen (secondary N) is 2. The highest BCUT2D eigenvalue weighted by molar-refractivity contribution is 6.35. The number of aromatic nitrogens is 6. The summed E-state index contributed by atoms with van der Waals surface area (Å²) in [7, 11) is 0. The Kier molecular flexibility index (Phi) is 4.40. The highest BCUT2D eigenvalue weighted by atomic mass is 35.5. The van der Waals surface area contributed by atoms with Crippen LogP contribution in [0.5, 0.6) is 0 Å². The van der Waals surface area contributed by atoms with Gasteiger partial charge in [-0.3, -0.25) is 4.79 Å². The summed E-state index contributed by atoms with van der Waals surface area (Å²) < 4.78 is 5.42. The predicted octanol–water partition coefficient (Wildman–Crippen LogP) is 3.18. The molecule has 0 unspecified atom stereocenters. The normalized spacial score (nSPS) is 15.7. The van der Waals surface area contributed by atoms with Gasteiger partial charge in [0.2, 0.25) is 0 Å². The summed E-state index contributed by atoms with van der Waals surface area (Å²) >= 11 is 6.02. The van der Waals surface area contributed by atoms with Gasteiger partial charge in [-0.2, -0.15) is 0 Å². The first kappa shape index (κ1) is 19.4. The van der Waals surface area contributed by atoms with E-state index >= 15 is 0 Å². The summed E-state index contributed by atoms with van der Waals surface area (Å²) in [6.07, 6.45) is 3.47. The van der Waals surface area contributed by atoms with Gasteiger partial charge in [0.05, 0.1) is 11.6 Å². The van der Waals surface area contributed by atoms with Crippen LogP contribution >= 0.6 is 11.6 Å². The Balaban J connectivity index is 1.35. The summed E-state index contributed by atoms with van der Waals surface area (Å²) in [5.41, 5.74) is 8.82. The molecule has 0 spiro atoms. The van der Waals surface area contributed by atoms with Crippen molar-refractivity contribution in [1.82, 2.24) is 35.4 Å². The van der Waals surface area contributed by atoms with E-state index in [1.807, 2.05) is 12.1 Å². The molecule has 0 aromatic carbocycles. The van der Waals surface area contributed by atoms with Crippen LogP contribution < -0.4 is 11.1 Å².